The SMILES string of the molecule is N#Cc1ccc(/C=C2\C(=O)NC(=O)c3ccccc32)cc1. The van der Waals surface area contributed by atoms with Crippen LogP contribution in [0.15, 0.2) is 48.5 Å². The Kier molecular flexibility index (Phi) is 3.09. The molecular weight excluding hydrogens is 264 g/mol. The maximum absolute atomic E-state index is 12.0. The molecule has 0 saturated heterocycles. The van der Waals surface area contributed by atoms with Crippen molar-refractivity contribution in [2.75, 3.05) is 0 Å². The number of fused-ring (bicyclic) bond motifs is 1. The molecule has 0 aliphatic carbocycles. The fourth-order valence-corrected chi connectivity index (χ4v) is 2.24. The number of carbonyl (C=O) groups excluding carboxylic acids is 2. The van der Waals surface area contributed by atoms with Gasteiger partial charge in [-0.05, 0) is 35.4 Å². The molecule has 0 aromatic heterocycles. The summed E-state index contributed by atoms with van der Waals surface area (Å²) in [6.45, 7) is 0. The molecule has 4 heteroatoms. The standard InChI is InChI=1S/C17H10N2O2/c18-10-12-7-5-11(6-8-12)9-15-13-3-1-2-4-14(13)16(20)19-17(15)21/h1-9H,(H,19,20,21)/b15-9-. The van der Waals surface area contributed by atoms with E-state index in [2.05, 4.69) is 5.32 Å². The van der Waals surface area contributed by atoms with E-state index in [1.54, 1.807) is 54.6 Å². The summed E-state index contributed by atoms with van der Waals surface area (Å²) in [7, 11) is 0. The lowest BCUT2D eigenvalue weighted by Crippen LogP contribution is -2.36. The van der Waals surface area contributed by atoms with Crippen LogP contribution in [0.3, 0.4) is 0 Å². The van der Waals surface area contributed by atoms with Gasteiger partial charge in [-0.2, -0.15) is 5.26 Å². The predicted octanol–water partition coefficient (Wildman–Crippen LogP) is 2.37. The van der Waals surface area contributed by atoms with E-state index in [4.69, 9.17) is 5.26 Å². The molecule has 0 unspecified atom stereocenters. The van der Waals surface area contributed by atoms with Gasteiger partial charge in [0.25, 0.3) is 11.8 Å². The van der Waals surface area contributed by atoms with Gasteiger partial charge in [-0.3, -0.25) is 14.9 Å². The Morgan fingerprint density at radius 3 is 2.24 bits per heavy atom. The molecule has 21 heavy (non-hydrogen) atoms. The maximum atomic E-state index is 12.0. The van der Waals surface area contributed by atoms with E-state index >= 15 is 0 Å². The van der Waals surface area contributed by atoms with Crippen molar-refractivity contribution in [3.05, 3.63) is 70.8 Å². The van der Waals surface area contributed by atoms with Gasteiger partial charge in [0, 0.05) is 11.1 Å². The smallest absolute Gasteiger partial charge is 0.258 e. The minimum absolute atomic E-state index is 0.382. The molecule has 0 bridgehead atoms. The molecule has 1 aliphatic rings. The molecule has 4 nitrogen and oxygen atoms in total. The Bertz CT molecular complexity index is 811. The maximum Gasteiger partial charge on any atom is 0.258 e. The van der Waals surface area contributed by atoms with Crippen molar-refractivity contribution in [3.63, 3.8) is 0 Å². The van der Waals surface area contributed by atoms with E-state index in [1.165, 1.54) is 0 Å². The van der Waals surface area contributed by atoms with Crippen LogP contribution in [0.1, 0.15) is 27.0 Å². The third kappa shape index (κ3) is 2.33. The van der Waals surface area contributed by atoms with E-state index in [0.717, 1.165) is 5.56 Å². The van der Waals surface area contributed by atoms with E-state index in [-0.39, 0.29) is 5.91 Å². The number of nitrogens with zero attached hydrogens (tertiary/aromatic N) is 1. The summed E-state index contributed by atoms with van der Waals surface area (Å²) >= 11 is 0. The average molecular weight is 274 g/mol. The first-order valence-electron chi connectivity index (χ1n) is 6.36. The van der Waals surface area contributed by atoms with Gasteiger partial charge < -0.3 is 0 Å². The highest BCUT2D eigenvalue weighted by atomic mass is 16.2. The zero-order valence-electron chi connectivity index (χ0n) is 11.0. The molecule has 2 aromatic carbocycles. The highest BCUT2D eigenvalue weighted by Crippen LogP contribution is 2.25. The highest BCUT2D eigenvalue weighted by Gasteiger charge is 2.26. The van der Waals surface area contributed by atoms with Gasteiger partial charge in [0.15, 0.2) is 0 Å². The van der Waals surface area contributed by atoms with Crippen LogP contribution in [0.2, 0.25) is 0 Å². The number of hydrogen-bond acceptors (Lipinski definition) is 3. The number of rotatable bonds is 1. The first-order chi connectivity index (χ1) is 10.2. The minimum Gasteiger partial charge on any atom is -0.288 e. The van der Waals surface area contributed by atoms with Gasteiger partial charge in [0.1, 0.15) is 0 Å². The molecule has 1 aliphatic heterocycles. The van der Waals surface area contributed by atoms with Crippen LogP contribution < -0.4 is 5.32 Å². The van der Waals surface area contributed by atoms with Gasteiger partial charge in [-0.15, -0.1) is 0 Å². The Balaban J connectivity index is 2.10. The quantitative estimate of drug-likeness (QED) is 0.641. The lowest BCUT2D eigenvalue weighted by atomic mass is 9.93. The largest absolute Gasteiger partial charge is 0.288 e. The number of carbonyl (C=O) groups is 2. The molecule has 100 valence electrons. The van der Waals surface area contributed by atoms with E-state index in [9.17, 15) is 9.59 Å². The number of amides is 2. The molecule has 1 N–H and O–H groups in total. The van der Waals surface area contributed by atoms with Crippen molar-refractivity contribution in [2.45, 2.75) is 0 Å². The molecule has 2 amide bonds. The van der Waals surface area contributed by atoms with Gasteiger partial charge in [0.2, 0.25) is 0 Å². The molecule has 0 spiro atoms. The number of benzene rings is 2. The van der Waals surface area contributed by atoms with E-state index < -0.39 is 5.91 Å². The summed E-state index contributed by atoms with van der Waals surface area (Å²) in [5.41, 5.74) is 2.90. The fourth-order valence-electron chi connectivity index (χ4n) is 2.24. The van der Waals surface area contributed by atoms with Crippen LogP contribution in [0.5, 0.6) is 0 Å². The predicted molar refractivity (Wildman–Crippen MR) is 77.9 cm³/mol. The first kappa shape index (κ1) is 12.8. The Morgan fingerprint density at radius 1 is 0.905 bits per heavy atom. The summed E-state index contributed by atoms with van der Waals surface area (Å²) in [5, 5.41) is 11.1. The van der Waals surface area contributed by atoms with Crippen molar-refractivity contribution in [1.82, 2.24) is 5.32 Å². The van der Waals surface area contributed by atoms with Crippen molar-refractivity contribution in [2.24, 2.45) is 0 Å². The second-order valence-corrected chi connectivity index (χ2v) is 4.62. The number of nitriles is 1. The van der Waals surface area contributed by atoms with E-state index in [1.807, 2.05) is 6.07 Å². The van der Waals surface area contributed by atoms with Gasteiger partial charge >= 0.3 is 0 Å². The fraction of sp³-hybridized carbons (Fsp3) is 0. The summed E-state index contributed by atoms with van der Waals surface area (Å²) in [6, 6.07) is 15.9. The monoisotopic (exact) mass is 274 g/mol. The highest BCUT2D eigenvalue weighted by molar-refractivity contribution is 6.33. The number of hydrogen-bond donors (Lipinski definition) is 1. The van der Waals surface area contributed by atoms with Crippen LogP contribution >= 0.6 is 0 Å². The third-order valence-electron chi connectivity index (χ3n) is 3.28. The van der Waals surface area contributed by atoms with Crippen LogP contribution in [-0.4, -0.2) is 11.8 Å². The van der Waals surface area contributed by atoms with Gasteiger partial charge in [-0.25, -0.2) is 0 Å². The van der Waals surface area contributed by atoms with Crippen molar-refractivity contribution >= 4 is 23.5 Å². The molecule has 0 atom stereocenters. The van der Waals surface area contributed by atoms with Crippen molar-refractivity contribution in [1.29, 1.82) is 5.26 Å². The second kappa shape index (κ2) is 5.06. The van der Waals surface area contributed by atoms with Crippen LogP contribution in [0, 0.1) is 11.3 Å². The van der Waals surface area contributed by atoms with Crippen molar-refractivity contribution < 1.29 is 9.59 Å². The summed E-state index contributed by atoms with van der Waals surface area (Å²) in [4.78, 5) is 23.8. The Labute approximate surface area is 121 Å². The summed E-state index contributed by atoms with van der Waals surface area (Å²) < 4.78 is 0. The molecule has 1 heterocycles. The van der Waals surface area contributed by atoms with Crippen LogP contribution in [0.4, 0.5) is 0 Å². The van der Waals surface area contributed by atoms with Crippen LogP contribution in [0.25, 0.3) is 11.6 Å². The van der Waals surface area contributed by atoms with Crippen molar-refractivity contribution in [3.8, 4) is 6.07 Å². The molecular formula is C17H10N2O2. The van der Waals surface area contributed by atoms with Gasteiger partial charge in [0.05, 0.1) is 11.6 Å². The zero-order chi connectivity index (χ0) is 14.8. The second-order valence-electron chi connectivity index (χ2n) is 4.62. The molecule has 0 fully saturated rings. The Morgan fingerprint density at radius 2 is 1.57 bits per heavy atom. The average Bonchev–Trinajstić information content (AvgIpc) is 2.52. The lowest BCUT2D eigenvalue weighted by molar-refractivity contribution is -0.114. The topological polar surface area (TPSA) is 70.0 Å². The number of imide groups is 1. The Hall–Kier alpha value is -3.19. The first-order valence-corrected chi connectivity index (χ1v) is 6.36. The lowest BCUT2D eigenvalue weighted by Gasteiger charge is -2.17. The molecule has 2 aromatic rings. The van der Waals surface area contributed by atoms with Crippen LogP contribution in [-0.2, 0) is 4.79 Å². The molecule has 0 saturated carbocycles. The molecule has 0 radical (unpaired) electrons. The zero-order valence-corrected chi connectivity index (χ0v) is 11.0. The number of nitrogens with one attached hydrogen (secondary N) is 1. The van der Waals surface area contributed by atoms with Gasteiger partial charge in [-0.1, -0.05) is 30.3 Å². The summed E-state index contributed by atoms with van der Waals surface area (Å²) in [5.74, 6) is -0.796. The van der Waals surface area contributed by atoms with E-state index in [0.29, 0.717) is 22.3 Å². The normalized spacial score (nSPS) is 15.3. The minimum atomic E-state index is -0.414. The summed E-state index contributed by atoms with van der Waals surface area (Å²) in [6.07, 6.45) is 1.71. The molecule has 3 rings (SSSR count). The third-order valence-corrected chi connectivity index (χ3v) is 3.28.